The van der Waals surface area contributed by atoms with Crippen LogP contribution in [-0.2, 0) is 0 Å². The number of hydrazone groups is 1. The number of carbonyl (C=O) groups is 1. The number of hydrogen-bond donors (Lipinski definition) is 2. The van der Waals surface area contributed by atoms with Gasteiger partial charge in [0.05, 0.1) is 17.5 Å². The number of aromatic carboxylic acids is 1. The number of hydrogen-bond acceptors (Lipinski definition) is 4. The van der Waals surface area contributed by atoms with Gasteiger partial charge in [-0.2, -0.15) is 5.10 Å². The van der Waals surface area contributed by atoms with Gasteiger partial charge in [0, 0.05) is 0 Å². The van der Waals surface area contributed by atoms with Crippen LogP contribution in [0.3, 0.4) is 0 Å². The molecule has 0 aliphatic rings. The number of benzene rings is 3. The van der Waals surface area contributed by atoms with Crippen LogP contribution in [0.15, 0.2) is 84.0 Å². The first-order valence-corrected chi connectivity index (χ1v) is 7.66. The maximum Gasteiger partial charge on any atom is 0.335 e. The highest BCUT2D eigenvalue weighted by atomic mass is 16.5. The van der Waals surface area contributed by atoms with E-state index in [-0.39, 0.29) is 5.56 Å². The van der Waals surface area contributed by atoms with Gasteiger partial charge in [-0.15, -0.1) is 0 Å². The van der Waals surface area contributed by atoms with Gasteiger partial charge in [0.1, 0.15) is 11.5 Å². The molecule has 0 saturated carbocycles. The van der Waals surface area contributed by atoms with Crippen LogP contribution in [0.2, 0.25) is 0 Å². The molecule has 3 aromatic carbocycles. The van der Waals surface area contributed by atoms with Gasteiger partial charge in [-0.05, 0) is 54.1 Å². The zero-order chi connectivity index (χ0) is 17.5. The van der Waals surface area contributed by atoms with E-state index in [1.54, 1.807) is 18.3 Å². The van der Waals surface area contributed by atoms with Crippen LogP contribution in [-0.4, -0.2) is 17.3 Å². The van der Waals surface area contributed by atoms with Crippen LogP contribution in [0.5, 0.6) is 11.5 Å². The molecule has 0 aliphatic heterocycles. The van der Waals surface area contributed by atoms with E-state index in [0.29, 0.717) is 5.69 Å². The second-order valence-electron chi connectivity index (χ2n) is 5.24. The summed E-state index contributed by atoms with van der Waals surface area (Å²) in [4.78, 5) is 10.8. The second kappa shape index (κ2) is 7.79. The third-order valence-electron chi connectivity index (χ3n) is 3.38. The minimum atomic E-state index is -0.953. The fourth-order valence-corrected chi connectivity index (χ4v) is 2.15. The number of para-hydroxylation sites is 1. The molecule has 0 heterocycles. The predicted molar refractivity (Wildman–Crippen MR) is 97.6 cm³/mol. The summed E-state index contributed by atoms with van der Waals surface area (Å²) in [5, 5.41) is 13.0. The zero-order valence-electron chi connectivity index (χ0n) is 13.3. The normalized spacial score (nSPS) is 10.6. The molecule has 0 fully saturated rings. The fraction of sp³-hybridized carbons (Fsp3) is 0. The van der Waals surface area contributed by atoms with Crippen LogP contribution in [0.1, 0.15) is 15.9 Å². The fourth-order valence-electron chi connectivity index (χ4n) is 2.15. The molecule has 25 heavy (non-hydrogen) atoms. The largest absolute Gasteiger partial charge is 0.478 e. The van der Waals surface area contributed by atoms with Crippen LogP contribution >= 0.6 is 0 Å². The Kier molecular flexibility index (Phi) is 5.07. The van der Waals surface area contributed by atoms with Crippen molar-refractivity contribution in [3.05, 3.63) is 90.0 Å². The van der Waals surface area contributed by atoms with E-state index in [2.05, 4.69) is 10.5 Å². The number of anilines is 1. The van der Waals surface area contributed by atoms with Gasteiger partial charge < -0.3 is 9.84 Å². The Balaban J connectivity index is 1.63. The first-order valence-electron chi connectivity index (χ1n) is 7.66. The van der Waals surface area contributed by atoms with Crippen molar-refractivity contribution < 1.29 is 14.6 Å². The number of carboxylic acid groups (broad SMARTS) is 1. The highest BCUT2D eigenvalue weighted by molar-refractivity contribution is 5.88. The van der Waals surface area contributed by atoms with Crippen molar-refractivity contribution in [2.75, 3.05) is 5.43 Å². The van der Waals surface area contributed by atoms with E-state index < -0.39 is 5.97 Å². The molecule has 2 N–H and O–H groups in total. The average molecular weight is 332 g/mol. The summed E-state index contributed by atoms with van der Waals surface area (Å²) in [7, 11) is 0. The molecule has 5 nitrogen and oxygen atoms in total. The molecule has 0 spiro atoms. The molecular formula is C20H16N2O3. The lowest BCUT2D eigenvalue weighted by Gasteiger charge is -2.06. The van der Waals surface area contributed by atoms with Crippen molar-refractivity contribution in [3.8, 4) is 11.5 Å². The number of rotatable bonds is 6. The van der Waals surface area contributed by atoms with E-state index >= 15 is 0 Å². The van der Waals surface area contributed by atoms with E-state index in [4.69, 9.17) is 9.84 Å². The molecule has 0 unspecified atom stereocenters. The molecule has 0 aromatic heterocycles. The van der Waals surface area contributed by atoms with Gasteiger partial charge in [-0.25, -0.2) is 4.79 Å². The molecule has 5 heteroatoms. The molecule has 0 saturated heterocycles. The predicted octanol–water partition coefficient (Wildman–Crippen LogP) is 4.62. The van der Waals surface area contributed by atoms with Crippen molar-refractivity contribution in [1.82, 2.24) is 0 Å². The lowest BCUT2D eigenvalue weighted by atomic mass is 10.2. The summed E-state index contributed by atoms with van der Waals surface area (Å²) in [6, 6.07) is 23.5. The van der Waals surface area contributed by atoms with Crippen molar-refractivity contribution in [3.63, 3.8) is 0 Å². The Labute approximate surface area is 145 Å². The molecule has 0 atom stereocenters. The van der Waals surface area contributed by atoms with Crippen molar-refractivity contribution in [1.29, 1.82) is 0 Å². The number of nitrogens with one attached hydrogen (secondary N) is 1. The average Bonchev–Trinajstić information content (AvgIpc) is 2.63. The lowest BCUT2D eigenvalue weighted by Crippen LogP contribution is -1.96. The van der Waals surface area contributed by atoms with Gasteiger partial charge in [0.2, 0.25) is 0 Å². The van der Waals surface area contributed by atoms with E-state index in [9.17, 15) is 4.79 Å². The maximum absolute atomic E-state index is 10.8. The van der Waals surface area contributed by atoms with Gasteiger partial charge in [-0.3, -0.25) is 5.43 Å². The Morgan fingerprint density at radius 3 is 2.36 bits per heavy atom. The quantitative estimate of drug-likeness (QED) is 0.510. The maximum atomic E-state index is 10.8. The highest BCUT2D eigenvalue weighted by Crippen LogP contribution is 2.21. The SMILES string of the molecule is O=C(O)c1ccc(NN=Cc2cccc(Oc3ccccc3)c2)cc1. The third kappa shape index (κ3) is 4.68. The second-order valence-corrected chi connectivity index (χ2v) is 5.24. The molecule has 124 valence electrons. The third-order valence-corrected chi connectivity index (χ3v) is 3.38. The summed E-state index contributed by atoms with van der Waals surface area (Å²) in [5.74, 6) is 0.541. The Morgan fingerprint density at radius 1 is 0.920 bits per heavy atom. The van der Waals surface area contributed by atoms with Crippen LogP contribution in [0.25, 0.3) is 0 Å². The van der Waals surface area contributed by atoms with E-state index in [0.717, 1.165) is 17.1 Å². The van der Waals surface area contributed by atoms with E-state index in [1.807, 2.05) is 54.6 Å². The summed E-state index contributed by atoms with van der Waals surface area (Å²) in [6.45, 7) is 0. The Bertz CT molecular complexity index is 875. The lowest BCUT2D eigenvalue weighted by molar-refractivity contribution is 0.0697. The molecular weight excluding hydrogens is 316 g/mol. The van der Waals surface area contributed by atoms with Gasteiger partial charge >= 0.3 is 5.97 Å². The molecule has 3 rings (SSSR count). The van der Waals surface area contributed by atoms with Crippen molar-refractivity contribution in [2.45, 2.75) is 0 Å². The van der Waals surface area contributed by atoms with Crippen molar-refractivity contribution in [2.24, 2.45) is 5.10 Å². The van der Waals surface area contributed by atoms with Gasteiger partial charge in [-0.1, -0.05) is 30.3 Å². The first-order chi connectivity index (χ1) is 12.2. The summed E-state index contributed by atoms with van der Waals surface area (Å²) in [6.07, 6.45) is 1.67. The standard InChI is InChI=1S/C20H16N2O3/c23-20(24)16-9-11-17(12-10-16)22-21-14-15-5-4-8-19(13-15)25-18-6-2-1-3-7-18/h1-14,22H,(H,23,24). The van der Waals surface area contributed by atoms with Crippen molar-refractivity contribution >= 4 is 17.9 Å². The smallest absolute Gasteiger partial charge is 0.335 e. The number of nitrogens with zero attached hydrogens (tertiary/aromatic N) is 1. The number of carboxylic acids is 1. The molecule has 0 radical (unpaired) electrons. The molecule has 0 amide bonds. The minimum absolute atomic E-state index is 0.236. The molecule has 0 bridgehead atoms. The summed E-state index contributed by atoms with van der Waals surface area (Å²) in [5.41, 5.74) is 4.68. The summed E-state index contributed by atoms with van der Waals surface area (Å²) < 4.78 is 5.78. The number of ether oxygens (including phenoxy) is 1. The molecule has 0 aliphatic carbocycles. The summed E-state index contributed by atoms with van der Waals surface area (Å²) >= 11 is 0. The monoisotopic (exact) mass is 332 g/mol. The van der Waals surface area contributed by atoms with Crippen LogP contribution < -0.4 is 10.2 Å². The minimum Gasteiger partial charge on any atom is -0.478 e. The first kappa shape index (κ1) is 16.3. The Hall–Kier alpha value is -3.60. The van der Waals surface area contributed by atoms with Crippen LogP contribution in [0.4, 0.5) is 5.69 Å². The van der Waals surface area contributed by atoms with Gasteiger partial charge in [0.25, 0.3) is 0 Å². The zero-order valence-corrected chi connectivity index (χ0v) is 13.3. The molecule has 3 aromatic rings. The van der Waals surface area contributed by atoms with E-state index in [1.165, 1.54) is 12.1 Å². The highest BCUT2D eigenvalue weighted by Gasteiger charge is 2.01. The Morgan fingerprint density at radius 2 is 1.64 bits per heavy atom. The topological polar surface area (TPSA) is 70.9 Å². The van der Waals surface area contributed by atoms with Crippen LogP contribution in [0, 0.1) is 0 Å². The van der Waals surface area contributed by atoms with Gasteiger partial charge in [0.15, 0.2) is 0 Å².